The lowest BCUT2D eigenvalue weighted by atomic mass is 10.0. The molecule has 0 bridgehead atoms. The smallest absolute Gasteiger partial charge is 0.268 e. The molecule has 0 aliphatic heterocycles. The molecule has 0 spiro atoms. The monoisotopic (exact) mass is 1130 g/mol. The number of hydrogen-bond acceptors (Lipinski definition) is 6. The molecule has 0 rings (SSSR count). The first-order chi connectivity index (χ1) is 38.0. The number of carbonyl (C=O) groups is 1. The third kappa shape index (κ3) is 63.1. The molecule has 0 saturated carbocycles. The number of amides is 1. The second kappa shape index (κ2) is 61.1. The second-order valence-electron chi connectivity index (χ2n) is 26.0. The molecule has 0 aromatic carbocycles. The average Bonchev–Trinajstić information content (AvgIpc) is 3.41. The Bertz CT molecular complexity index is 1230. The number of carbonyl (C=O) groups excluding carboxylic acids is 1. The first kappa shape index (κ1) is 77.5. The molecule has 0 radical (unpaired) electrons. The summed E-state index contributed by atoms with van der Waals surface area (Å²) in [5.74, 6) is -0.154. The minimum atomic E-state index is -4.57. The zero-order chi connectivity index (χ0) is 57.0. The van der Waals surface area contributed by atoms with Gasteiger partial charge in [0.1, 0.15) is 13.2 Å². The van der Waals surface area contributed by atoms with Crippen molar-refractivity contribution in [3.63, 3.8) is 0 Å². The fourth-order valence-electron chi connectivity index (χ4n) is 11.3. The standard InChI is InChI=1S/C69H141N2O6P/c1-6-8-10-12-14-16-18-20-22-24-26-28-30-32-33-34-35-36-37-38-39-40-42-44-46-48-50-52-54-56-58-60-62-68(72)67(66-77-78(74,75)76-65-64-71(3,4)5)70-69(73)63-61-59-57-55-53-51-49-47-45-43-41-31-29-27-25-23-21-19-17-15-13-11-9-7-2/h67-68,72H,6-66H2,1-5H3,(H-,70,73,74,75). The molecule has 0 aromatic heterocycles. The fourth-order valence-corrected chi connectivity index (χ4v) is 12.1. The Morgan fingerprint density at radius 2 is 0.628 bits per heavy atom. The highest BCUT2D eigenvalue weighted by atomic mass is 31.2. The van der Waals surface area contributed by atoms with Gasteiger partial charge in [0.25, 0.3) is 7.82 Å². The van der Waals surface area contributed by atoms with Gasteiger partial charge in [-0.3, -0.25) is 9.36 Å². The molecule has 3 atom stereocenters. The molecule has 0 saturated heterocycles. The number of nitrogens with zero attached hydrogens (tertiary/aromatic N) is 1. The third-order valence-electron chi connectivity index (χ3n) is 16.8. The molecule has 0 aromatic rings. The summed E-state index contributed by atoms with van der Waals surface area (Å²) in [6.07, 6.45) is 76.1. The summed E-state index contributed by atoms with van der Waals surface area (Å²) in [4.78, 5) is 25.7. The van der Waals surface area contributed by atoms with Gasteiger partial charge in [-0.05, 0) is 12.8 Å². The Kier molecular flexibility index (Phi) is 60.7. The van der Waals surface area contributed by atoms with Crippen LogP contribution in [0.15, 0.2) is 0 Å². The normalized spacial score (nSPS) is 13.6. The van der Waals surface area contributed by atoms with E-state index in [9.17, 15) is 19.4 Å². The van der Waals surface area contributed by atoms with Crippen molar-refractivity contribution in [2.45, 2.75) is 398 Å². The van der Waals surface area contributed by atoms with Gasteiger partial charge < -0.3 is 28.8 Å². The molecular weight excluding hydrogens is 984 g/mol. The van der Waals surface area contributed by atoms with Crippen molar-refractivity contribution >= 4 is 13.7 Å². The topological polar surface area (TPSA) is 108 Å². The Hall–Kier alpha value is -0.500. The highest BCUT2D eigenvalue weighted by Gasteiger charge is 2.24. The van der Waals surface area contributed by atoms with E-state index in [0.717, 1.165) is 38.5 Å². The third-order valence-corrected chi connectivity index (χ3v) is 17.8. The first-order valence-electron chi connectivity index (χ1n) is 35.4. The van der Waals surface area contributed by atoms with Crippen LogP contribution in [-0.4, -0.2) is 68.5 Å². The summed E-state index contributed by atoms with van der Waals surface area (Å²) in [5.41, 5.74) is 0. The number of aliphatic hydroxyl groups is 1. The Balaban J connectivity index is 3.97. The van der Waals surface area contributed by atoms with Gasteiger partial charge in [0.2, 0.25) is 5.91 Å². The number of quaternary nitrogens is 1. The van der Waals surface area contributed by atoms with E-state index < -0.39 is 20.0 Å². The van der Waals surface area contributed by atoms with E-state index in [-0.39, 0.29) is 19.1 Å². The number of nitrogens with one attached hydrogen (secondary N) is 1. The molecular formula is C69H141N2O6P. The molecule has 0 heterocycles. The minimum absolute atomic E-state index is 0.0170. The van der Waals surface area contributed by atoms with E-state index in [1.165, 1.54) is 321 Å². The molecule has 0 aliphatic rings. The number of likely N-dealkylation sites (N-methyl/N-ethyl adjacent to an activating group) is 1. The van der Waals surface area contributed by atoms with Crippen LogP contribution >= 0.6 is 7.82 Å². The maximum absolute atomic E-state index is 13.0. The van der Waals surface area contributed by atoms with Crippen molar-refractivity contribution in [2.24, 2.45) is 0 Å². The van der Waals surface area contributed by atoms with Crippen LogP contribution in [0.3, 0.4) is 0 Å². The quantitative estimate of drug-likeness (QED) is 0.0357. The molecule has 8 nitrogen and oxygen atoms in total. The molecule has 0 aliphatic carbocycles. The van der Waals surface area contributed by atoms with Gasteiger partial charge in [-0.1, -0.05) is 367 Å². The minimum Gasteiger partial charge on any atom is -0.756 e. The predicted molar refractivity (Wildman–Crippen MR) is 339 cm³/mol. The lowest BCUT2D eigenvalue weighted by molar-refractivity contribution is -0.870. The molecule has 78 heavy (non-hydrogen) atoms. The van der Waals surface area contributed by atoms with E-state index in [1.54, 1.807) is 0 Å². The summed E-state index contributed by atoms with van der Waals surface area (Å²) in [7, 11) is 1.33. The molecule has 468 valence electrons. The lowest BCUT2D eigenvalue weighted by Gasteiger charge is -2.30. The van der Waals surface area contributed by atoms with Gasteiger partial charge in [0, 0.05) is 6.42 Å². The highest BCUT2D eigenvalue weighted by Crippen LogP contribution is 2.38. The van der Waals surface area contributed by atoms with Crippen molar-refractivity contribution in [1.29, 1.82) is 0 Å². The van der Waals surface area contributed by atoms with Crippen molar-refractivity contribution in [1.82, 2.24) is 5.32 Å². The summed E-state index contributed by atoms with van der Waals surface area (Å²) in [6.45, 7) is 4.80. The number of phosphoric acid groups is 1. The summed E-state index contributed by atoms with van der Waals surface area (Å²) >= 11 is 0. The van der Waals surface area contributed by atoms with Crippen LogP contribution in [0.2, 0.25) is 0 Å². The number of phosphoric ester groups is 1. The van der Waals surface area contributed by atoms with Crippen LogP contribution in [0.5, 0.6) is 0 Å². The summed E-state index contributed by atoms with van der Waals surface area (Å²) in [5, 5.41) is 14.1. The molecule has 9 heteroatoms. The van der Waals surface area contributed by atoms with Gasteiger partial charge >= 0.3 is 0 Å². The molecule has 0 fully saturated rings. The van der Waals surface area contributed by atoms with Crippen molar-refractivity contribution in [3.05, 3.63) is 0 Å². The van der Waals surface area contributed by atoms with E-state index in [4.69, 9.17) is 9.05 Å². The Morgan fingerprint density at radius 1 is 0.397 bits per heavy atom. The van der Waals surface area contributed by atoms with E-state index in [1.807, 2.05) is 21.1 Å². The number of unbranched alkanes of at least 4 members (excludes halogenated alkanes) is 54. The van der Waals surface area contributed by atoms with Gasteiger partial charge in [0.05, 0.1) is 39.9 Å². The maximum Gasteiger partial charge on any atom is 0.268 e. The zero-order valence-electron chi connectivity index (χ0n) is 53.7. The SMILES string of the molecule is CCCCCCCCCCCCCCCCCCCCCCCCCCCCCCCCCCC(O)C(COP(=O)([O-])OCC[N+](C)(C)C)NC(=O)CCCCCCCCCCCCCCCCCCCCCCCCCC. The lowest BCUT2D eigenvalue weighted by Crippen LogP contribution is -2.46. The molecule has 3 unspecified atom stereocenters. The summed E-state index contributed by atoms with van der Waals surface area (Å²) in [6, 6.07) is -0.797. The molecule has 1 amide bonds. The van der Waals surface area contributed by atoms with Crippen LogP contribution in [-0.2, 0) is 18.4 Å². The van der Waals surface area contributed by atoms with Gasteiger partial charge in [-0.2, -0.15) is 0 Å². The zero-order valence-corrected chi connectivity index (χ0v) is 54.6. The Labute approximate surface area is 489 Å². The fraction of sp³-hybridized carbons (Fsp3) is 0.986. The van der Waals surface area contributed by atoms with E-state index in [0.29, 0.717) is 23.9 Å². The van der Waals surface area contributed by atoms with Gasteiger partial charge in [-0.15, -0.1) is 0 Å². The van der Waals surface area contributed by atoms with Crippen LogP contribution in [0.25, 0.3) is 0 Å². The largest absolute Gasteiger partial charge is 0.756 e. The van der Waals surface area contributed by atoms with Gasteiger partial charge in [-0.25, -0.2) is 0 Å². The number of hydrogen-bond donors (Lipinski definition) is 2. The Morgan fingerprint density at radius 3 is 0.872 bits per heavy atom. The van der Waals surface area contributed by atoms with Crippen LogP contribution in [0.4, 0.5) is 0 Å². The van der Waals surface area contributed by atoms with E-state index >= 15 is 0 Å². The van der Waals surface area contributed by atoms with Crippen molar-refractivity contribution in [2.75, 3.05) is 40.9 Å². The second-order valence-corrected chi connectivity index (χ2v) is 27.4. The number of rotatable bonds is 67. The molecule has 2 N–H and O–H groups in total. The van der Waals surface area contributed by atoms with E-state index in [2.05, 4.69) is 19.2 Å². The van der Waals surface area contributed by atoms with Crippen LogP contribution < -0.4 is 10.2 Å². The highest BCUT2D eigenvalue weighted by molar-refractivity contribution is 7.45. The van der Waals surface area contributed by atoms with Crippen molar-refractivity contribution < 1.29 is 32.9 Å². The maximum atomic E-state index is 13.0. The predicted octanol–water partition coefficient (Wildman–Crippen LogP) is 21.7. The van der Waals surface area contributed by atoms with Crippen LogP contribution in [0.1, 0.15) is 386 Å². The summed E-state index contributed by atoms with van der Waals surface area (Å²) < 4.78 is 23.5. The number of aliphatic hydroxyl groups excluding tert-OH is 1. The average molecular weight is 1130 g/mol. The van der Waals surface area contributed by atoms with Crippen LogP contribution in [0, 0.1) is 0 Å². The van der Waals surface area contributed by atoms with Gasteiger partial charge in [0.15, 0.2) is 0 Å². The van der Waals surface area contributed by atoms with Crippen molar-refractivity contribution in [3.8, 4) is 0 Å². The first-order valence-corrected chi connectivity index (χ1v) is 36.8.